The van der Waals surface area contributed by atoms with E-state index in [1.165, 1.54) is 5.56 Å². The molecule has 0 aliphatic carbocycles. The average Bonchev–Trinajstić information content (AvgIpc) is 2.75. The van der Waals surface area contributed by atoms with Crippen LogP contribution >= 0.6 is 12.2 Å². The molecule has 2 aromatic rings. The molecular weight excluding hydrogens is 376 g/mol. The van der Waals surface area contributed by atoms with E-state index in [0.717, 1.165) is 79.2 Å². The smallest absolute Gasteiger partial charge is 0.126 e. The van der Waals surface area contributed by atoms with E-state index in [4.69, 9.17) is 21.7 Å². The first kappa shape index (κ1) is 23.2. The third kappa shape index (κ3) is 7.66. The van der Waals surface area contributed by atoms with Gasteiger partial charge in [-0.05, 0) is 48.6 Å². The van der Waals surface area contributed by atoms with Crippen molar-refractivity contribution in [2.75, 3.05) is 13.2 Å². The molecule has 0 heterocycles. The van der Waals surface area contributed by atoms with Gasteiger partial charge in [-0.1, -0.05) is 88.7 Å². The summed E-state index contributed by atoms with van der Waals surface area (Å²) in [5, 5.41) is 0. The van der Waals surface area contributed by atoms with Crippen molar-refractivity contribution >= 4 is 23.2 Å². The van der Waals surface area contributed by atoms with Crippen LogP contribution in [0.5, 0.6) is 11.5 Å². The van der Waals surface area contributed by atoms with Crippen molar-refractivity contribution in [2.24, 2.45) is 0 Å². The van der Waals surface area contributed by atoms with E-state index in [1.54, 1.807) is 0 Å². The number of ether oxygens (including phenoxy) is 2. The number of rotatable bonds is 13. The molecule has 0 amide bonds. The van der Waals surface area contributed by atoms with Crippen molar-refractivity contribution in [2.45, 2.75) is 59.3 Å². The first-order valence-electron chi connectivity index (χ1n) is 10.9. The summed E-state index contributed by atoms with van der Waals surface area (Å²) in [7, 11) is 0. The van der Waals surface area contributed by atoms with Crippen LogP contribution < -0.4 is 9.47 Å². The third-order valence-electron chi connectivity index (χ3n) is 4.69. The number of hydrogen-bond donors (Lipinski definition) is 0. The second-order valence-electron chi connectivity index (χ2n) is 7.21. The molecule has 0 saturated heterocycles. The minimum absolute atomic E-state index is 0.733. The molecule has 0 saturated carbocycles. The molecule has 29 heavy (non-hydrogen) atoms. The van der Waals surface area contributed by atoms with Crippen molar-refractivity contribution in [3.05, 3.63) is 65.2 Å². The fourth-order valence-electron chi connectivity index (χ4n) is 3.01. The van der Waals surface area contributed by atoms with Crippen LogP contribution in [-0.2, 0) is 6.42 Å². The lowest BCUT2D eigenvalue weighted by Gasteiger charge is -2.17. The van der Waals surface area contributed by atoms with Crippen LogP contribution in [0.25, 0.3) is 6.08 Å². The van der Waals surface area contributed by atoms with E-state index >= 15 is 0 Å². The highest BCUT2D eigenvalue weighted by molar-refractivity contribution is 7.81. The number of hydrogen-bond acceptors (Lipinski definition) is 3. The lowest BCUT2D eigenvalue weighted by atomic mass is 10.0. The second kappa shape index (κ2) is 13.2. The van der Waals surface area contributed by atoms with Crippen LogP contribution in [0.4, 0.5) is 0 Å². The first-order chi connectivity index (χ1) is 14.2. The Morgan fingerprint density at radius 2 is 1.45 bits per heavy atom. The van der Waals surface area contributed by atoms with Gasteiger partial charge in [-0.2, -0.15) is 0 Å². The summed E-state index contributed by atoms with van der Waals surface area (Å²) >= 11 is 5.57. The van der Waals surface area contributed by atoms with Crippen molar-refractivity contribution in [1.29, 1.82) is 0 Å². The van der Waals surface area contributed by atoms with Crippen LogP contribution in [-0.4, -0.2) is 18.1 Å². The Kier molecular flexibility index (Phi) is 10.5. The molecule has 0 atom stereocenters. The molecule has 3 heteroatoms. The highest BCUT2D eigenvalue weighted by atomic mass is 32.1. The summed E-state index contributed by atoms with van der Waals surface area (Å²) < 4.78 is 12.3. The lowest BCUT2D eigenvalue weighted by molar-refractivity contribution is 0.288. The van der Waals surface area contributed by atoms with Gasteiger partial charge in [0, 0.05) is 10.4 Å². The summed E-state index contributed by atoms with van der Waals surface area (Å²) in [5.74, 6) is 1.89. The van der Waals surface area contributed by atoms with E-state index in [0.29, 0.717) is 0 Å². The molecule has 2 nitrogen and oxygen atoms in total. The Hall–Kier alpha value is -2.13. The monoisotopic (exact) mass is 410 g/mol. The Balaban J connectivity index is 2.31. The van der Waals surface area contributed by atoms with Gasteiger partial charge in [0.15, 0.2) is 0 Å². The topological polar surface area (TPSA) is 18.5 Å². The van der Waals surface area contributed by atoms with Gasteiger partial charge in [-0.3, -0.25) is 0 Å². The Labute approximate surface area is 181 Å². The standard InChI is InChI=1S/C26H34O2S/c1-4-7-17-27-24-19-21(15-16-26(29)22-13-10-9-11-14-22)20-25(23(24)12-6-3)28-18-8-5-2/h9-11,13-16,19-20H,4-8,12,17-18H2,1-3H3. The fourth-order valence-corrected chi connectivity index (χ4v) is 3.22. The normalized spacial score (nSPS) is 11.0. The molecule has 0 aromatic heterocycles. The van der Waals surface area contributed by atoms with Gasteiger partial charge in [-0.25, -0.2) is 0 Å². The van der Waals surface area contributed by atoms with E-state index in [-0.39, 0.29) is 0 Å². The van der Waals surface area contributed by atoms with Gasteiger partial charge in [-0.15, -0.1) is 0 Å². The number of allylic oxidation sites excluding steroid dienone is 1. The highest BCUT2D eigenvalue weighted by Crippen LogP contribution is 2.33. The zero-order chi connectivity index (χ0) is 20.9. The number of benzene rings is 2. The Bertz CT molecular complexity index is 750. The quantitative estimate of drug-likeness (QED) is 0.148. The predicted molar refractivity (Wildman–Crippen MR) is 128 cm³/mol. The third-order valence-corrected chi connectivity index (χ3v) is 5.06. The van der Waals surface area contributed by atoms with Crippen molar-refractivity contribution in [1.82, 2.24) is 0 Å². The maximum Gasteiger partial charge on any atom is 0.126 e. The number of thiocarbonyl (C=S) groups is 1. The van der Waals surface area contributed by atoms with Crippen LogP contribution in [0.3, 0.4) is 0 Å². The average molecular weight is 411 g/mol. The summed E-state index contributed by atoms with van der Waals surface area (Å²) in [5.41, 5.74) is 3.30. The van der Waals surface area contributed by atoms with Gasteiger partial charge in [0.1, 0.15) is 11.5 Å². The lowest BCUT2D eigenvalue weighted by Crippen LogP contribution is -2.05. The van der Waals surface area contributed by atoms with Gasteiger partial charge >= 0.3 is 0 Å². The zero-order valence-corrected chi connectivity index (χ0v) is 18.9. The van der Waals surface area contributed by atoms with E-state index < -0.39 is 0 Å². The zero-order valence-electron chi connectivity index (χ0n) is 18.1. The largest absolute Gasteiger partial charge is 0.493 e. The summed E-state index contributed by atoms with van der Waals surface area (Å²) in [6, 6.07) is 14.3. The molecule has 0 unspecified atom stereocenters. The van der Waals surface area contributed by atoms with E-state index in [1.807, 2.05) is 36.4 Å². The van der Waals surface area contributed by atoms with Crippen LogP contribution in [0.2, 0.25) is 0 Å². The molecule has 0 radical (unpaired) electrons. The molecule has 0 aliphatic heterocycles. The molecular formula is C26H34O2S. The van der Waals surface area contributed by atoms with Gasteiger partial charge in [0.05, 0.1) is 13.2 Å². The Morgan fingerprint density at radius 3 is 1.97 bits per heavy atom. The van der Waals surface area contributed by atoms with Crippen molar-refractivity contribution < 1.29 is 9.47 Å². The molecule has 0 N–H and O–H groups in total. The first-order valence-corrected chi connectivity index (χ1v) is 11.3. The summed E-state index contributed by atoms with van der Waals surface area (Å²) in [6.45, 7) is 8.02. The van der Waals surface area contributed by atoms with Crippen LogP contribution in [0.15, 0.2) is 48.5 Å². The molecule has 0 bridgehead atoms. The molecule has 0 fully saturated rings. The predicted octanol–water partition coefficient (Wildman–Crippen LogP) is 7.43. The molecule has 2 rings (SSSR count). The molecule has 156 valence electrons. The SMILES string of the molecule is CCCCOc1cc(C=CC(=S)c2ccccc2)cc(OCCCC)c1CCC. The molecule has 2 aromatic carbocycles. The van der Waals surface area contributed by atoms with Gasteiger partial charge < -0.3 is 9.47 Å². The molecule has 0 spiro atoms. The van der Waals surface area contributed by atoms with Crippen LogP contribution in [0.1, 0.15) is 69.6 Å². The summed E-state index contributed by atoms with van der Waals surface area (Å²) in [6.07, 6.45) is 10.4. The maximum absolute atomic E-state index is 6.16. The number of unbranched alkanes of at least 4 members (excludes halogenated alkanes) is 2. The fraction of sp³-hybridized carbons (Fsp3) is 0.423. The minimum Gasteiger partial charge on any atom is -0.493 e. The maximum atomic E-state index is 6.16. The highest BCUT2D eigenvalue weighted by Gasteiger charge is 2.13. The van der Waals surface area contributed by atoms with E-state index in [9.17, 15) is 0 Å². The Morgan fingerprint density at radius 1 is 0.862 bits per heavy atom. The van der Waals surface area contributed by atoms with Gasteiger partial charge in [0.25, 0.3) is 0 Å². The second-order valence-corrected chi connectivity index (χ2v) is 7.65. The molecule has 0 aliphatic rings. The van der Waals surface area contributed by atoms with Crippen molar-refractivity contribution in [3.8, 4) is 11.5 Å². The van der Waals surface area contributed by atoms with Gasteiger partial charge in [0.2, 0.25) is 0 Å². The van der Waals surface area contributed by atoms with Crippen molar-refractivity contribution in [3.63, 3.8) is 0 Å². The van der Waals surface area contributed by atoms with Crippen LogP contribution in [0, 0.1) is 0 Å². The van der Waals surface area contributed by atoms with E-state index in [2.05, 4.69) is 39.0 Å². The minimum atomic E-state index is 0.733. The summed E-state index contributed by atoms with van der Waals surface area (Å²) in [4.78, 5) is 0.824.